The van der Waals surface area contributed by atoms with E-state index in [2.05, 4.69) is 26.0 Å². The highest BCUT2D eigenvalue weighted by Gasteiger charge is 2.49. The Bertz CT molecular complexity index is 505. The van der Waals surface area contributed by atoms with Gasteiger partial charge in [-0.25, -0.2) is 4.79 Å². The predicted molar refractivity (Wildman–Crippen MR) is 74.4 cm³/mol. The molecule has 1 aromatic carbocycles. The normalized spacial score (nSPS) is 20.5. The molecule has 0 bridgehead atoms. The van der Waals surface area contributed by atoms with Crippen LogP contribution in [0.5, 0.6) is 5.75 Å². The lowest BCUT2D eigenvalue weighted by Gasteiger charge is -2.53. The Morgan fingerprint density at radius 2 is 2.16 bits per heavy atom. The molecule has 1 spiro atoms. The van der Waals surface area contributed by atoms with E-state index in [1.807, 2.05) is 6.07 Å². The van der Waals surface area contributed by atoms with Gasteiger partial charge in [-0.05, 0) is 47.0 Å². The molecule has 1 aromatic rings. The first-order valence-corrected chi connectivity index (χ1v) is 7.16. The molecule has 2 fully saturated rings. The van der Waals surface area contributed by atoms with Crippen molar-refractivity contribution >= 4 is 21.9 Å². The molecule has 102 valence electrons. The zero-order chi connectivity index (χ0) is 13.5. The number of benzene rings is 1. The molecule has 1 N–H and O–H groups in total. The molecule has 4 nitrogen and oxygen atoms in total. The number of nitrogens with one attached hydrogen (secondary N) is 1. The van der Waals surface area contributed by atoms with E-state index >= 15 is 0 Å². The van der Waals surface area contributed by atoms with Crippen LogP contribution in [0.4, 0.5) is 0 Å². The zero-order valence-electron chi connectivity index (χ0n) is 10.7. The fraction of sp³-hybridized carbons (Fsp3) is 0.500. The highest BCUT2D eigenvalue weighted by atomic mass is 79.9. The molecule has 1 saturated carbocycles. The summed E-state index contributed by atoms with van der Waals surface area (Å²) in [6.07, 6.45) is 2.53. The van der Waals surface area contributed by atoms with Crippen LogP contribution in [0.15, 0.2) is 22.7 Å². The van der Waals surface area contributed by atoms with E-state index in [0.29, 0.717) is 17.1 Å². The maximum Gasteiger partial charge on any atom is 0.337 e. The van der Waals surface area contributed by atoms with E-state index in [4.69, 9.17) is 4.74 Å². The van der Waals surface area contributed by atoms with Gasteiger partial charge in [-0.2, -0.15) is 0 Å². The van der Waals surface area contributed by atoms with E-state index in [1.54, 1.807) is 12.1 Å². The Labute approximate surface area is 120 Å². The van der Waals surface area contributed by atoms with E-state index in [1.165, 1.54) is 7.11 Å². The van der Waals surface area contributed by atoms with Crippen LogP contribution in [0.25, 0.3) is 0 Å². The monoisotopic (exact) mass is 325 g/mol. The van der Waals surface area contributed by atoms with E-state index in [0.717, 1.165) is 36.2 Å². The summed E-state index contributed by atoms with van der Waals surface area (Å²) in [6, 6.07) is 5.28. The SMILES string of the molecule is COC(=O)c1ccc(OC2CC3(CNC3)C2)c(Br)c1. The molecule has 5 heteroatoms. The first kappa shape index (κ1) is 12.9. The van der Waals surface area contributed by atoms with Crippen LogP contribution in [-0.4, -0.2) is 32.3 Å². The molecule has 2 aliphatic rings. The quantitative estimate of drug-likeness (QED) is 0.867. The van der Waals surface area contributed by atoms with Gasteiger partial charge < -0.3 is 14.8 Å². The molecule has 0 unspecified atom stereocenters. The van der Waals surface area contributed by atoms with Crippen LogP contribution in [0.2, 0.25) is 0 Å². The topological polar surface area (TPSA) is 47.6 Å². The van der Waals surface area contributed by atoms with Crippen molar-refractivity contribution in [3.63, 3.8) is 0 Å². The number of rotatable bonds is 3. The van der Waals surface area contributed by atoms with E-state index in [-0.39, 0.29) is 5.97 Å². The second kappa shape index (κ2) is 4.80. The number of methoxy groups -OCH3 is 1. The van der Waals surface area contributed by atoms with Gasteiger partial charge in [0.15, 0.2) is 0 Å². The minimum absolute atomic E-state index is 0.294. The van der Waals surface area contributed by atoms with Gasteiger partial charge in [0.05, 0.1) is 17.1 Å². The maximum absolute atomic E-state index is 11.4. The lowest BCUT2D eigenvalue weighted by atomic mass is 9.63. The summed E-state index contributed by atoms with van der Waals surface area (Å²) in [5.41, 5.74) is 1.03. The molecule has 1 aliphatic heterocycles. The third-order valence-corrected chi connectivity index (χ3v) is 4.59. The van der Waals surface area contributed by atoms with Gasteiger partial charge >= 0.3 is 5.97 Å². The molecule has 0 radical (unpaired) electrons. The first-order chi connectivity index (χ1) is 9.12. The fourth-order valence-corrected chi connectivity index (χ4v) is 3.25. The standard InChI is InChI=1S/C14H16BrNO3/c1-18-13(17)9-2-3-12(11(15)4-9)19-10-5-14(6-10)7-16-8-14/h2-4,10,16H,5-8H2,1H3. The Balaban J connectivity index is 1.64. The van der Waals surface area contributed by atoms with E-state index in [9.17, 15) is 4.79 Å². The molecule has 1 heterocycles. The van der Waals surface area contributed by atoms with Crippen LogP contribution < -0.4 is 10.1 Å². The average molecular weight is 326 g/mol. The molecule has 0 atom stereocenters. The second-order valence-electron chi connectivity index (χ2n) is 5.39. The lowest BCUT2D eigenvalue weighted by molar-refractivity contribution is -0.0498. The average Bonchev–Trinajstić information content (AvgIpc) is 2.31. The second-order valence-corrected chi connectivity index (χ2v) is 6.24. The molecule has 0 amide bonds. The Morgan fingerprint density at radius 1 is 1.42 bits per heavy atom. The van der Waals surface area contributed by atoms with Gasteiger partial charge in [-0.15, -0.1) is 0 Å². The minimum Gasteiger partial charge on any atom is -0.489 e. The maximum atomic E-state index is 11.4. The third-order valence-electron chi connectivity index (χ3n) is 3.97. The molecule has 3 rings (SSSR count). The van der Waals surface area contributed by atoms with Crippen LogP contribution in [0.1, 0.15) is 23.2 Å². The highest BCUT2D eigenvalue weighted by molar-refractivity contribution is 9.10. The number of hydrogen-bond acceptors (Lipinski definition) is 4. The van der Waals surface area contributed by atoms with Gasteiger partial charge in [-0.3, -0.25) is 0 Å². The van der Waals surface area contributed by atoms with Crippen molar-refractivity contribution in [2.24, 2.45) is 5.41 Å². The number of esters is 1. The Hall–Kier alpha value is -1.07. The third kappa shape index (κ3) is 2.37. The van der Waals surface area contributed by atoms with Gasteiger partial charge in [0.25, 0.3) is 0 Å². The van der Waals surface area contributed by atoms with Crippen LogP contribution in [0.3, 0.4) is 0 Å². The number of hydrogen-bond donors (Lipinski definition) is 1. The summed E-state index contributed by atoms with van der Waals surface area (Å²) in [4.78, 5) is 11.4. The summed E-state index contributed by atoms with van der Waals surface area (Å²) in [5.74, 6) is 0.454. The molecular formula is C14H16BrNO3. The van der Waals surface area contributed by atoms with Crippen LogP contribution >= 0.6 is 15.9 Å². The van der Waals surface area contributed by atoms with Crippen molar-refractivity contribution in [1.82, 2.24) is 5.32 Å². The van der Waals surface area contributed by atoms with Crippen molar-refractivity contribution in [2.45, 2.75) is 18.9 Å². The van der Waals surface area contributed by atoms with E-state index < -0.39 is 0 Å². The van der Waals surface area contributed by atoms with Crippen molar-refractivity contribution in [1.29, 1.82) is 0 Å². The smallest absolute Gasteiger partial charge is 0.337 e. The highest BCUT2D eigenvalue weighted by Crippen LogP contribution is 2.46. The van der Waals surface area contributed by atoms with Gasteiger partial charge in [0.1, 0.15) is 11.9 Å². The Kier molecular flexibility index (Phi) is 3.27. The largest absolute Gasteiger partial charge is 0.489 e. The fourth-order valence-electron chi connectivity index (χ4n) is 2.78. The predicted octanol–water partition coefficient (Wildman–Crippen LogP) is 2.37. The zero-order valence-corrected chi connectivity index (χ0v) is 12.3. The number of carbonyl (C=O) groups excluding carboxylic acids is 1. The number of halogens is 1. The van der Waals surface area contributed by atoms with Crippen molar-refractivity contribution in [2.75, 3.05) is 20.2 Å². The molecular weight excluding hydrogens is 310 g/mol. The molecule has 19 heavy (non-hydrogen) atoms. The molecule has 1 saturated heterocycles. The van der Waals surface area contributed by atoms with Crippen molar-refractivity contribution in [3.05, 3.63) is 28.2 Å². The molecule has 0 aromatic heterocycles. The summed E-state index contributed by atoms with van der Waals surface area (Å²) in [5, 5.41) is 3.31. The summed E-state index contributed by atoms with van der Waals surface area (Å²) >= 11 is 3.44. The van der Waals surface area contributed by atoms with Crippen molar-refractivity contribution in [3.8, 4) is 5.75 Å². The summed E-state index contributed by atoms with van der Waals surface area (Å²) in [7, 11) is 1.38. The summed E-state index contributed by atoms with van der Waals surface area (Å²) < 4.78 is 11.4. The van der Waals surface area contributed by atoms with Crippen LogP contribution in [-0.2, 0) is 4.74 Å². The van der Waals surface area contributed by atoms with Crippen LogP contribution in [0, 0.1) is 5.41 Å². The van der Waals surface area contributed by atoms with Gasteiger partial charge in [0, 0.05) is 18.5 Å². The number of ether oxygens (including phenoxy) is 2. The lowest BCUT2D eigenvalue weighted by Crippen LogP contribution is -2.62. The van der Waals surface area contributed by atoms with Crippen molar-refractivity contribution < 1.29 is 14.3 Å². The minimum atomic E-state index is -0.338. The van der Waals surface area contributed by atoms with Gasteiger partial charge in [0.2, 0.25) is 0 Å². The summed E-state index contributed by atoms with van der Waals surface area (Å²) in [6.45, 7) is 2.24. The number of carbonyl (C=O) groups is 1. The Morgan fingerprint density at radius 3 is 2.68 bits per heavy atom. The first-order valence-electron chi connectivity index (χ1n) is 6.37. The van der Waals surface area contributed by atoms with Gasteiger partial charge in [-0.1, -0.05) is 0 Å². The molecule has 1 aliphatic carbocycles.